The molecule has 0 N–H and O–H groups in total. The van der Waals surface area contributed by atoms with Crippen LogP contribution in [-0.2, 0) is 17.9 Å². The molecule has 0 spiro atoms. The number of nitro groups is 1. The summed E-state index contributed by atoms with van der Waals surface area (Å²) < 4.78 is 15.3. The maximum atomic E-state index is 13.2. The molecule has 0 saturated heterocycles. The van der Waals surface area contributed by atoms with Gasteiger partial charge in [-0.2, -0.15) is 0 Å². The van der Waals surface area contributed by atoms with Gasteiger partial charge in [0.25, 0.3) is 5.69 Å². The van der Waals surface area contributed by atoms with Crippen LogP contribution in [0.25, 0.3) is 6.08 Å². The van der Waals surface area contributed by atoms with Crippen LogP contribution < -0.4 is 0 Å². The minimum atomic E-state index is -0.449. The molecule has 0 aliphatic carbocycles. The number of amides is 1. The number of hydrogen-bond donors (Lipinski definition) is 0. The molecule has 3 aromatic rings. The molecule has 7 heteroatoms. The lowest BCUT2D eigenvalue weighted by molar-refractivity contribution is -0.384. The van der Waals surface area contributed by atoms with E-state index in [1.54, 1.807) is 30.3 Å². The van der Waals surface area contributed by atoms with Gasteiger partial charge >= 0.3 is 0 Å². The zero-order chi connectivity index (χ0) is 23.6. The van der Waals surface area contributed by atoms with Crippen LogP contribution in [0.15, 0.2) is 72.9 Å². The molecule has 0 bridgehead atoms. The molecule has 0 saturated carbocycles. The number of nitrogens with zero attached hydrogens (tertiary/aromatic N) is 3. The summed E-state index contributed by atoms with van der Waals surface area (Å²) in [5.74, 6) is -0.377. The van der Waals surface area contributed by atoms with E-state index in [1.165, 1.54) is 30.3 Å². The molecule has 0 aliphatic heterocycles. The molecule has 0 atom stereocenters. The standard InChI is InChI=1S/C26H28FN3O3/c1-2-3-4-17-29(26(31)16-11-21-9-14-24(15-10-21)30(32)33)20-25-6-5-18-28(25)19-22-7-12-23(27)13-8-22/h5-16,18H,2-4,17,19-20H2,1H3/b16-11+. The number of carbonyl (C=O) groups excluding carboxylic acids is 1. The van der Waals surface area contributed by atoms with Gasteiger partial charge < -0.3 is 9.47 Å². The lowest BCUT2D eigenvalue weighted by Crippen LogP contribution is -2.31. The first-order valence-corrected chi connectivity index (χ1v) is 11.1. The Morgan fingerprint density at radius 3 is 2.48 bits per heavy atom. The van der Waals surface area contributed by atoms with Crippen molar-refractivity contribution in [3.05, 3.63) is 106 Å². The van der Waals surface area contributed by atoms with E-state index in [2.05, 4.69) is 11.5 Å². The number of rotatable bonds is 11. The monoisotopic (exact) mass is 449 g/mol. The van der Waals surface area contributed by atoms with Gasteiger partial charge in [-0.25, -0.2) is 4.39 Å². The van der Waals surface area contributed by atoms with Gasteiger partial charge in [0.1, 0.15) is 5.82 Å². The highest BCUT2D eigenvalue weighted by molar-refractivity contribution is 5.91. The van der Waals surface area contributed by atoms with Gasteiger partial charge in [-0.3, -0.25) is 14.9 Å². The van der Waals surface area contributed by atoms with E-state index in [-0.39, 0.29) is 17.4 Å². The van der Waals surface area contributed by atoms with E-state index in [0.29, 0.717) is 19.6 Å². The van der Waals surface area contributed by atoms with Gasteiger partial charge in [0.15, 0.2) is 0 Å². The van der Waals surface area contributed by atoms with Crippen molar-refractivity contribution in [1.29, 1.82) is 0 Å². The number of unbranched alkanes of at least 4 members (excludes halogenated alkanes) is 2. The Morgan fingerprint density at radius 1 is 1.09 bits per heavy atom. The maximum absolute atomic E-state index is 13.2. The van der Waals surface area contributed by atoms with Gasteiger partial charge in [0.2, 0.25) is 5.91 Å². The van der Waals surface area contributed by atoms with E-state index in [1.807, 2.05) is 23.2 Å². The van der Waals surface area contributed by atoms with Crippen molar-refractivity contribution in [1.82, 2.24) is 9.47 Å². The van der Waals surface area contributed by atoms with Crippen molar-refractivity contribution in [3.63, 3.8) is 0 Å². The largest absolute Gasteiger partial charge is 0.345 e. The first kappa shape index (κ1) is 23.9. The molecule has 172 valence electrons. The summed E-state index contributed by atoms with van der Waals surface area (Å²) in [7, 11) is 0. The summed E-state index contributed by atoms with van der Waals surface area (Å²) in [4.78, 5) is 25.2. The predicted octanol–water partition coefficient (Wildman–Crippen LogP) is 5.82. The van der Waals surface area contributed by atoms with Crippen LogP contribution in [0.4, 0.5) is 10.1 Å². The smallest absolute Gasteiger partial charge is 0.269 e. The van der Waals surface area contributed by atoms with Crippen molar-refractivity contribution in [2.24, 2.45) is 0 Å². The summed E-state index contributed by atoms with van der Waals surface area (Å²) in [6.07, 6.45) is 8.15. The molecule has 0 radical (unpaired) electrons. The fourth-order valence-electron chi connectivity index (χ4n) is 3.53. The third-order valence-electron chi connectivity index (χ3n) is 5.41. The van der Waals surface area contributed by atoms with E-state index in [9.17, 15) is 19.3 Å². The van der Waals surface area contributed by atoms with Crippen molar-refractivity contribution in [3.8, 4) is 0 Å². The lowest BCUT2D eigenvalue weighted by atomic mass is 10.2. The fourth-order valence-corrected chi connectivity index (χ4v) is 3.53. The van der Waals surface area contributed by atoms with Crippen LogP contribution >= 0.6 is 0 Å². The van der Waals surface area contributed by atoms with Crippen LogP contribution in [0.5, 0.6) is 0 Å². The summed E-state index contributed by atoms with van der Waals surface area (Å²) in [5.41, 5.74) is 2.72. The third kappa shape index (κ3) is 7.14. The Balaban J connectivity index is 1.71. The zero-order valence-electron chi connectivity index (χ0n) is 18.7. The molecule has 1 amide bonds. The van der Waals surface area contributed by atoms with E-state index in [0.717, 1.165) is 36.1 Å². The Morgan fingerprint density at radius 2 is 1.82 bits per heavy atom. The van der Waals surface area contributed by atoms with E-state index < -0.39 is 4.92 Å². The van der Waals surface area contributed by atoms with Crippen molar-refractivity contribution in [2.75, 3.05) is 6.54 Å². The average Bonchev–Trinajstić information content (AvgIpc) is 3.25. The minimum absolute atomic E-state index is 0.0154. The molecule has 3 rings (SSSR count). The molecule has 2 aromatic carbocycles. The molecule has 1 aromatic heterocycles. The van der Waals surface area contributed by atoms with E-state index in [4.69, 9.17) is 0 Å². The fraction of sp³-hybridized carbons (Fsp3) is 0.269. The Hall–Kier alpha value is -3.74. The number of halogens is 1. The number of non-ortho nitro benzene ring substituents is 1. The summed E-state index contributed by atoms with van der Waals surface area (Å²) in [5, 5.41) is 10.8. The van der Waals surface area contributed by atoms with Gasteiger partial charge in [-0.05, 0) is 60.0 Å². The second-order valence-electron chi connectivity index (χ2n) is 7.90. The maximum Gasteiger partial charge on any atom is 0.269 e. The SMILES string of the molecule is CCCCCN(Cc1cccn1Cc1ccc(F)cc1)C(=O)/C=C/c1ccc([N+](=O)[O-])cc1. The van der Waals surface area contributed by atoms with Crippen LogP contribution in [-0.4, -0.2) is 26.8 Å². The lowest BCUT2D eigenvalue weighted by Gasteiger charge is -2.22. The number of nitro benzene ring substituents is 1. The predicted molar refractivity (Wildman–Crippen MR) is 127 cm³/mol. The second-order valence-corrected chi connectivity index (χ2v) is 7.90. The van der Waals surface area contributed by atoms with Crippen molar-refractivity contribution < 1.29 is 14.1 Å². The molecule has 0 unspecified atom stereocenters. The molecular weight excluding hydrogens is 421 g/mol. The molecular formula is C26H28FN3O3. The first-order chi connectivity index (χ1) is 16.0. The van der Waals surface area contributed by atoms with Gasteiger partial charge in [-0.1, -0.05) is 31.9 Å². The topological polar surface area (TPSA) is 68.4 Å². The number of carbonyl (C=O) groups is 1. The van der Waals surface area contributed by atoms with Crippen LogP contribution in [0.1, 0.15) is 43.0 Å². The molecule has 1 heterocycles. The Bertz CT molecular complexity index is 1090. The summed E-state index contributed by atoms with van der Waals surface area (Å²) >= 11 is 0. The highest BCUT2D eigenvalue weighted by atomic mass is 19.1. The quantitative estimate of drug-likeness (QED) is 0.160. The normalized spacial score (nSPS) is 11.1. The number of hydrogen-bond acceptors (Lipinski definition) is 3. The van der Waals surface area contributed by atoms with Crippen LogP contribution in [0, 0.1) is 15.9 Å². The summed E-state index contributed by atoms with van der Waals surface area (Å²) in [6.45, 7) is 3.81. The van der Waals surface area contributed by atoms with Crippen LogP contribution in [0.2, 0.25) is 0 Å². The third-order valence-corrected chi connectivity index (χ3v) is 5.41. The number of benzene rings is 2. The zero-order valence-corrected chi connectivity index (χ0v) is 18.7. The molecule has 0 fully saturated rings. The summed E-state index contributed by atoms with van der Waals surface area (Å²) in [6, 6.07) is 16.4. The Labute approximate surface area is 193 Å². The minimum Gasteiger partial charge on any atom is -0.345 e. The van der Waals surface area contributed by atoms with Crippen molar-refractivity contribution >= 4 is 17.7 Å². The molecule has 6 nitrogen and oxygen atoms in total. The van der Waals surface area contributed by atoms with E-state index >= 15 is 0 Å². The van der Waals surface area contributed by atoms with Gasteiger partial charge in [-0.15, -0.1) is 0 Å². The average molecular weight is 450 g/mol. The van der Waals surface area contributed by atoms with Gasteiger partial charge in [0, 0.05) is 43.2 Å². The van der Waals surface area contributed by atoms with Gasteiger partial charge in [0.05, 0.1) is 11.5 Å². The highest BCUT2D eigenvalue weighted by Gasteiger charge is 2.14. The molecule has 33 heavy (non-hydrogen) atoms. The first-order valence-electron chi connectivity index (χ1n) is 11.1. The molecule has 0 aliphatic rings. The number of aromatic nitrogens is 1. The Kier molecular flexibility index (Phi) is 8.52. The van der Waals surface area contributed by atoms with Crippen LogP contribution in [0.3, 0.4) is 0 Å². The highest BCUT2D eigenvalue weighted by Crippen LogP contribution is 2.15. The second kappa shape index (κ2) is 11.8. The van der Waals surface area contributed by atoms with Crippen molar-refractivity contribution in [2.45, 2.75) is 39.3 Å².